The highest BCUT2D eigenvalue weighted by molar-refractivity contribution is 7.91. The molecule has 0 aliphatic rings. The first kappa shape index (κ1) is 30.4. The van der Waals surface area contributed by atoms with Crippen LogP contribution in [0.1, 0.15) is 142 Å². The summed E-state index contributed by atoms with van der Waals surface area (Å²) in [5.41, 5.74) is 0. The third kappa shape index (κ3) is 24.3. The number of hydrogen-bond acceptors (Lipinski definition) is 2. The lowest BCUT2D eigenvalue weighted by molar-refractivity contribution is 0.552. The predicted octanol–water partition coefficient (Wildman–Crippen LogP) is 8.66. The summed E-state index contributed by atoms with van der Waals surface area (Å²) in [7, 11) is -2.80. The van der Waals surface area contributed by atoms with Crippen molar-refractivity contribution in [1.29, 1.82) is 0 Å². The second kappa shape index (κ2) is 23.5. The maximum atomic E-state index is 12.1. The number of rotatable bonds is 22. The Morgan fingerprint density at radius 3 is 0.857 bits per heavy atom. The molecule has 0 aliphatic carbocycles. The Bertz CT molecular complexity index is 352. The summed E-state index contributed by atoms with van der Waals surface area (Å²) in [4.78, 5) is 0. The van der Waals surface area contributed by atoms with Crippen molar-refractivity contribution in [1.82, 2.24) is 0 Å². The van der Waals surface area contributed by atoms with Crippen molar-refractivity contribution >= 4 is 22.2 Å². The molecule has 0 aromatic heterocycles. The van der Waals surface area contributed by atoms with Crippen LogP contribution in [-0.2, 0) is 9.84 Å². The Morgan fingerprint density at radius 2 is 0.607 bits per heavy atom. The molecular formula is C24H51ClO2S. The van der Waals surface area contributed by atoms with Crippen molar-refractivity contribution in [3.05, 3.63) is 0 Å². The average Bonchev–Trinajstić information content (AvgIpc) is 2.64. The van der Waals surface area contributed by atoms with Crippen molar-refractivity contribution in [3.8, 4) is 0 Å². The summed E-state index contributed by atoms with van der Waals surface area (Å²) in [6, 6.07) is 0. The SMILES string of the molecule is CCCCCCCCCCCCS(=O)(=O)CCCCCCCCCCCC.Cl. The second-order valence-corrected chi connectivity index (χ2v) is 10.8. The van der Waals surface area contributed by atoms with Gasteiger partial charge in [-0.2, -0.15) is 0 Å². The van der Waals surface area contributed by atoms with Crippen LogP contribution in [0.25, 0.3) is 0 Å². The standard InChI is InChI=1S/C24H50O2S.ClH/c1-3-5-7-9-11-13-15-17-19-21-23-27(25,26)24-22-20-18-16-14-12-10-8-6-4-2;/h3-24H2,1-2H3;1H. The molecule has 0 spiro atoms. The van der Waals surface area contributed by atoms with Gasteiger partial charge in [-0.1, -0.05) is 129 Å². The normalized spacial score (nSPS) is 11.5. The first-order valence-corrected chi connectivity index (χ1v) is 14.1. The lowest BCUT2D eigenvalue weighted by atomic mass is 10.1. The molecule has 0 aromatic carbocycles. The highest BCUT2D eigenvalue weighted by Gasteiger charge is 2.09. The molecule has 0 aliphatic heterocycles. The summed E-state index contributed by atoms with van der Waals surface area (Å²) in [5, 5.41) is 0. The number of hydrogen-bond donors (Lipinski definition) is 0. The van der Waals surface area contributed by atoms with Gasteiger partial charge in [0.1, 0.15) is 9.84 Å². The van der Waals surface area contributed by atoms with Crippen LogP contribution in [0.3, 0.4) is 0 Å². The summed E-state index contributed by atoms with van der Waals surface area (Å²) in [5.74, 6) is 0.835. The summed E-state index contributed by atoms with van der Waals surface area (Å²) in [6.45, 7) is 4.51. The fraction of sp³-hybridized carbons (Fsp3) is 1.00. The average molecular weight is 439 g/mol. The third-order valence-corrected chi connectivity index (χ3v) is 7.44. The Kier molecular flexibility index (Phi) is 25.6. The number of halogens is 1. The van der Waals surface area contributed by atoms with Gasteiger partial charge in [0.15, 0.2) is 0 Å². The monoisotopic (exact) mass is 438 g/mol. The molecule has 0 saturated carbocycles. The Balaban J connectivity index is 0. The van der Waals surface area contributed by atoms with Crippen LogP contribution in [0.5, 0.6) is 0 Å². The summed E-state index contributed by atoms with van der Waals surface area (Å²) < 4.78 is 24.2. The quantitative estimate of drug-likeness (QED) is 0.158. The van der Waals surface area contributed by atoms with Crippen molar-refractivity contribution in [2.45, 2.75) is 142 Å². The van der Waals surface area contributed by atoms with E-state index in [4.69, 9.17) is 0 Å². The van der Waals surface area contributed by atoms with Crippen LogP contribution in [-0.4, -0.2) is 19.9 Å². The smallest absolute Gasteiger partial charge is 0.150 e. The molecule has 0 aromatic rings. The van der Waals surface area contributed by atoms with Crippen LogP contribution >= 0.6 is 12.4 Å². The van der Waals surface area contributed by atoms with Gasteiger partial charge in [0.2, 0.25) is 0 Å². The van der Waals surface area contributed by atoms with Crippen molar-refractivity contribution < 1.29 is 8.42 Å². The highest BCUT2D eigenvalue weighted by atomic mass is 35.5. The van der Waals surface area contributed by atoms with Gasteiger partial charge < -0.3 is 0 Å². The fourth-order valence-electron chi connectivity index (χ4n) is 3.72. The van der Waals surface area contributed by atoms with E-state index >= 15 is 0 Å². The van der Waals surface area contributed by atoms with Crippen LogP contribution in [0.15, 0.2) is 0 Å². The zero-order valence-electron chi connectivity index (χ0n) is 19.2. The van der Waals surface area contributed by atoms with Gasteiger partial charge in [0.25, 0.3) is 0 Å². The maximum absolute atomic E-state index is 12.1. The molecule has 4 heteroatoms. The molecule has 28 heavy (non-hydrogen) atoms. The number of sulfone groups is 1. The van der Waals surface area contributed by atoms with E-state index in [0.29, 0.717) is 11.5 Å². The summed E-state index contributed by atoms with van der Waals surface area (Å²) >= 11 is 0. The fourth-order valence-corrected chi connectivity index (χ4v) is 5.21. The molecule has 0 unspecified atom stereocenters. The zero-order valence-corrected chi connectivity index (χ0v) is 20.8. The Labute approximate surface area is 184 Å². The molecule has 0 rings (SSSR count). The number of unbranched alkanes of at least 4 members (excludes halogenated alkanes) is 18. The van der Waals surface area contributed by atoms with Gasteiger partial charge in [-0.05, 0) is 12.8 Å². The van der Waals surface area contributed by atoms with E-state index in [9.17, 15) is 8.42 Å². The molecule has 0 N–H and O–H groups in total. The van der Waals surface area contributed by atoms with Gasteiger partial charge in [-0.25, -0.2) is 8.42 Å². The largest absolute Gasteiger partial charge is 0.229 e. The topological polar surface area (TPSA) is 34.1 Å². The lowest BCUT2D eigenvalue weighted by Gasteiger charge is -2.05. The van der Waals surface area contributed by atoms with E-state index in [2.05, 4.69) is 13.8 Å². The Morgan fingerprint density at radius 1 is 0.393 bits per heavy atom. The minimum atomic E-state index is -2.80. The first-order valence-electron chi connectivity index (χ1n) is 12.3. The van der Waals surface area contributed by atoms with Crippen molar-refractivity contribution in [3.63, 3.8) is 0 Å². The predicted molar refractivity (Wildman–Crippen MR) is 130 cm³/mol. The first-order chi connectivity index (χ1) is 13.1. The van der Waals surface area contributed by atoms with E-state index in [0.717, 1.165) is 25.7 Å². The van der Waals surface area contributed by atoms with E-state index in [1.807, 2.05) is 0 Å². The van der Waals surface area contributed by atoms with E-state index in [-0.39, 0.29) is 12.4 Å². The van der Waals surface area contributed by atoms with Crippen molar-refractivity contribution in [2.75, 3.05) is 11.5 Å². The van der Waals surface area contributed by atoms with Crippen molar-refractivity contribution in [2.24, 2.45) is 0 Å². The summed E-state index contributed by atoms with van der Waals surface area (Å²) in [6.07, 6.45) is 25.2. The molecule has 2 nitrogen and oxygen atoms in total. The van der Waals surface area contributed by atoms with Crippen LogP contribution < -0.4 is 0 Å². The van der Waals surface area contributed by atoms with Gasteiger partial charge in [0, 0.05) is 0 Å². The molecular weight excluding hydrogens is 388 g/mol. The molecule has 0 amide bonds. The van der Waals surface area contributed by atoms with Gasteiger partial charge in [-0.3, -0.25) is 0 Å². The van der Waals surface area contributed by atoms with Gasteiger partial charge >= 0.3 is 0 Å². The van der Waals surface area contributed by atoms with Crippen LogP contribution in [0, 0.1) is 0 Å². The van der Waals surface area contributed by atoms with Crippen LogP contribution in [0.2, 0.25) is 0 Å². The third-order valence-electron chi connectivity index (χ3n) is 5.62. The van der Waals surface area contributed by atoms with E-state index < -0.39 is 9.84 Å². The zero-order chi connectivity index (χ0) is 20.1. The van der Waals surface area contributed by atoms with E-state index in [1.165, 1.54) is 103 Å². The molecule has 0 fully saturated rings. The minimum Gasteiger partial charge on any atom is -0.229 e. The highest BCUT2D eigenvalue weighted by Crippen LogP contribution is 2.13. The van der Waals surface area contributed by atoms with E-state index in [1.54, 1.807) is 0 Å². The maximum Gasteiger partial charge on any atom is 0.150 e. The second-order valence-electron chi connectivity index (χ2n) is 8.52. The van der Waals surface area contributed by atoms with Gasteiger partial charge in [0.05, 0.1) is 11.5 Å². The minimum absolute atomic E-state index is 0. The lowest BCUT2D eigenvalue weighted by Crippen LogP contribution is -2.11. The van der Waals surface area contributed by atoms with Gasteiger partial charge in [-0.15, -0.1) is 12.4 Å². The molecule has 0 heterocycles. The molecule has 0 saturated heterocycles. The van der Waals surface area contributed by atoms with Crippen LogP contribution in [0.4, 0.5) is 0 Å². The Hall–Kier alpha value is 0.240. The molecule has 0 atom stereocenters. The molecule has 0 radical (unpaired) electrons. The molecule has 0 bridgehead atoms. The molecule has 172 valence electrons.